The molecule has 0 aliphatic carbocycles. The molecule has 0 radical (unpaired) electrons. The Kier molecular flexibility index (Phi) is 6.26. The van der Waals surface area contributed by atoms with Crippen LogP contribution in [0.2, 0.25) is 0 Å². The quantitative estimate of drug-likeness (QED) is 0.714. The highest BCUT2D eigenvalue weighted by Gasteiger charge is 2.32. The van der Waals surface area contributed by atoms with Gasteiger partial charge in [0, 0.05) is 6.04 Å². The summed E-state index contributed by atoms with van der Waals surface area (Å²) in [5.74, 6) is 0. The van der Waals surface area contributed by atoms with E-state index in [1.54, 1.807) is 0 Å². The van der Waals surface area contributed by atoms with Gasteiger partial charge in [-0.1, -0.05) is 52.0 Å². The molecular formula is C17H26F3N. The Balaban J connectivity index is 2.92. The van der Waals surface area contributed by atoms with Crippen molar-refractivity contribution in [2.45, 2.75) is 64.6 Å². The summed E-state index contributed by atoms with van der Waals surface area (Å²) >= 11 is 0. The Bertz CT molecular complexity index is 421. The second kappa shape index (κ2) is 7.30. The summed E-state index contributed by atoms with van der Waals surface area (Å²) in [6.07, 6.45) is -3.18. The molecule has 4 heteroatoms. The van der Waals surface area contributed by atoms with Gasteiger partial charge in [0.1, 0.15) is 0 Å². The van der Waals surface area contributed by atoms with E-state index in [0.717, 1.165) is 18.4 Å². The van der Waals surface area contributed by atoms with Crippen LogP contribution in [0.5, 0.6) is 0 Å². The van der Waals surface area contributed by atoms with Crippen LogP contribution in [-0.2, 0) is 5.41 Å². The molecule has 0 aliphatic heterocycles. The number of halogens is 3. The lowest BCUT2D eigenvalue weighted by Gasteiger charge is -2.25. The monoisotopic (exact) mass is 301 g/mol. The molecule has 1 aromatic carbocycles. The van der Waals surface area contributed by atoms with Crippen LogP contribution in [0.4, 0.5) is 13.2 Å². The Morgan fingerprint density at radius 1 is 1.05 bits per heavy atom. The minimum atomic E-state index is -4.16. The zero-order valence-electron chi connectivity index (χ0n) is 13.3. The fourth-order valence-corrected chi connectivity index (χ4v) is 2.23. The number of hydrogen-bond acceptors (Lipinski definition) is 1. The van der Waals surface area contributed by atoms with Crippen LogP contribution in [0, 0.1) is 0 Å². The number of benzene rings is 1. The molecule has 1 unspecified atom stereocenters. The Hall–Kier alpha value is -1.03. The topological polar surface area (TPSA) is 12.0 Å². The van der Waals surface area contributed by atoms with Crippen LogP contribution in [0.25, 0.3) is 0 Å². The van der Waals surface area contributed by atoms with Gasteiger partial charge in [0.15, 0.2) is 0 Å². The highest BCUT2D eigenvalue weighted by Crippen LogP contribution is 2.32. The van der Waals surface area contributed by atoms with Gasteiger partial charge in [-0.15, -0.1) is 0 Å². The highest BCUT2D eigenvalue weighted by molar-refractivity contribution is 5.29. The molecule has 1 rings (SSSR count). The van der Waals surface area contributed by atoms with Crippen molar-refractivity contribution in [3.05, 3.63) is 35.4 Å². The third-order valence-corrected chi connectivity index (χ3v) is 4.05. The van der Waals surface area contributed by atoms with Crippen molar-refractivity contribution >= 4 is 0 Å². The smallest absolute Gasteiger partial charge is 0.310 e. The molecule has 21 heavy (non-hydrogen) atoms. The summed E-state index contributed by atoms with van der Waals surface area (Å²) in [5, 5.41) is 2.99. The molecule has 0 saturated carbocycles. The molecule has 0 saturated heterocycles. The first-order valence-electron chi connectivity index (χ1n) is 7.60. The third-order valence-electron chi connectivity index (χ3n) is 4.05. The molecule has 0 bridgehead atoms. The second-order valence-corrected chi connectivity index (χ2v) is 6.19. The average molecular weight is 301 g/mol. The lowest BCUT2D eigenvalue weighted by Crippen LogP contribution is -2.27. The first-order chi connectivity index (χ1) is 9.69. The SMILES string of the molecule is CCCNC(CC(F)(F)F)c1ccc(C(C)(C)CC)cc1. The lowest BCUT2D eigenvalue weighted by molar-refractivity contribution is -0.140. The molecule has 0 spiro atoms. The van der Waals surface area contributed by atoms with E-state index in [9.17, 15) is 13.2 Å². The van der Waals surface area contributed by atoms with Gasteiger partial charge in [-0.3, -0.25) is 0 Å². The standard InChI is InChI=1S/C17H26F3N/c1-5-11-21-15(12-17(18,19)20)13-7-9-14(10-8-13)16(3,4)6-2/h7-10,15,21H,5-6,11-12H2,1-4H3. The molecular weight excluding hydrogens is 275 g/mol. The number of hydrogen-bond donors (Lipinski definition) is 1. The minimum absolute atomic E-state index is 0.0505. The molecule has 1 N–H and O–H groups in total. The fraction of sp³-hybridized carbons (Fsp3) is 0.647. The first-order valence-corrected chi connectivity index (χ1v) is 7.60. The number of rotatable bonds is 7. The van der Waals surface area contributed by atoms with Gasteiger partial charge in [-0.05, 0) is 35.9 Å². The van der Waals surface area contributed by atoms with Crippen molar-refractivity contribution < 1.29 is 13.2 Å². The molecule has 1 atom stereocenters. The molecule has 0 amide bonds. The van der Waals surface area contributed by atoms with E-state index >= 15 is 0 Å². The summed E-state index contributed by atoms with van der Waals surface area (Å²) in [7, 11) is 0. The Labute approximate surface area is 125 Å². The Morgan fingerprint density at radius 2 is 1.62 bits per heavy atom. The molecule has 0 heterocycles. The van der Waals surface area contributed by atoms with E-state index in [1.807, 2.05) is 31.2 Å². The Morgan fingerprint density at radius 3 is 2.05 bits per heavy atom. The number of nitrogens with one attached hydrogen (secondary N) is 1. The van der Waals surface area contributed by atoms with Crippen molar-refractivity contribution in [2.75, 3.05) is 6.54 Å². The van der Waals surface area contributed by atoms with Crippen molar-refractivity contribution in [3.63, 3.8) is 0 Å². The average Bonchev–Trinajstić information content (AvgIpc) is 2.42. The number of alkyl halides is 3. The molecule has 0 fully saturated rings. The van der Waals surface area contributed by atoms with E-state index < -0.39 is 18.6 Å². The molecule has 1 nitrogen and oxygen atoms in total. The predicted octanol–water partition coefficient (Wildman–Crippen LogP) is 5.37. The van der Waals surface area contributed by atoms with Crippen LogP contribution in [-0.4, -0.2) is 12.7 Å². The zero-order valence-corrected chi connectivity index (χ0v) is 13.3. The van der Waals surface area contributed by atoms with Crippen LogP contribution < -0.4 is 5.32 Å². The summed E-state index contributed by atoms with van der Waals surface area (Å²) in [5.41, 5.74) is 1.92. The van der Waals surface area contributed by atoms with Gasteiger partial charge in [-0.25, -0.2) is 0 Å². The lowest BCUT2D eigenvalue weighted by atomic mass is 9.81. The maximum absolute atomic E-state index is 12.7. The second-order valence-electron chi connectivity index (χ2n) is 6.19. The van der Waals surface area contributed by atoms with Gasteiger partial charge >= 0.3 is 6.18 Å². The highest BCUT2D eigenvalue weighted by atomic mass is 19.4. The van der Waals surface area contributed by atoms with Crippen LogP contribution >= 0.6 is 0 Å². The maximum Gasteiger partial charge on any atom is 0.390 e. The van der Waals surface area contributed by atoms with Gasteiger partial charge in [0.25, 0.3) is 0 Å². The van der Waals surface area contributed by atoms with Gasteiger partial charge in [0.05, 0.1) is 6.42 Å². The summed E-state index contributed by atoms with van der Waals surface area (Å²) in [6.45, 7) is 8.94. The van der Waals surface area contributed by atoms with Gasteiger partial charge in [-0.2, -0.15) is 13.2 Å². The predicted molar refractivity (Wildman–Crippen MR) is 81.5 cm³/mol. The third kappa shape index (κ3) is 5.70. The van der Waals surface area contributed by atoms with E-state index in [1.165, 1.54) is 0 Å². The molecule has 0 aromatic heterocycles. The van der Waals surface area contributed by atoms with Crippen LogP contribution in [0.15, 0.2) is 24.3 Å². The van der Waals surface area contributed by atoms with Crippen molar-refractivity contribution in [2.24, 2.45) is 0 Å². The molecule has 120 valence electrons. The molecule has 1 aromatic rings. The van der Waals surface area contributed by atoms with Gasteiger partial charge < -0.3 is 5.32 Å². The van der Waals surface area contributed by atoms with Gasteiger partial charge in [0.2, 0.25) is 0 Å². The zero-order chi connectivity index (χ0) is 16.1. The largest absolute Gasteiger partial charge is 0.390 e. The fourth-order valence-electron chi connectivity index (χ4n) is 2.23. The van der Waals surface area contributed by atoms with E-state index in [0.29, 0.717) is 12.1 Å². The van der Waals surface area contributed by atoms with E-state index in [4.69, 9.17) is 0 Å². The van der Waals surface area contributed by atoms with Crippen LogP contribution in [0.3, 0.4) is 0 Å². The normalized spacial score (nSPS) is 14.2. The van der Waals surface area contributed by atoms with E-state index in [2.05, 4.69) is 26.1 Å². The van der Waals surface area contributed by atoms with Crippen molar-refractivity contribution in [3.8, 4) is 0 Å². The summed E-state index contributed by atoms with van der Waals surface area (Å²) < 4.78 is 38.1. The first kappa shape index (κ1) is 18.0. The van der Waals surface area contributed by atoms with Crippen LogP contribution in [0.1, 0.15) is 64.1 Å². The van der Waals surface area contributed by atoms with E-state index in [-0.39, 0.29) is 5.41 Å². The van der Waals surface area contributed by atoms with Crippen molar-refractivity contribution in [1.82, 2.24) is 5.32 Å². The summed E-state index contributed by atoms with van der Waals surface area (Å²) in [6, 6.07) is 6.90. The minimum Gasteiger partial charge on any atom is -0.310 e. The molecule has 0 aliphatic rings. The van der Waals surface area contributed by atoms with Crippen molar-refractivity contribution in [1.29, 1.82) is 0 Å². The maximum atomic E-state index is 12.7. The summed E-state index contributed by atoms with van der Waals surface area (Å²) in [4.78, 5) is 0.